The van der Waals surface area contributed by atoms with Crippen LogP contribution in [0.25, 0.3) is 0 Å². The molecule has 1 fully saturated rings. The van der Waals surface area contributed by atoms with Gasteiger partial charge in [0.25, 0.3) is 0 Å². The first-order chi connectivity index (χ1) is 9.19. The number of benzene rings is 1. The Balaban J connectivity index is 2.08. The van der Waals surface area contributed by atoms with Gasteiger partial charge in [-0.1, -0.05) is 39.3 Å². The number of anilines is 1. The summed E-state index contributed by atoms with van der Waals surface area (Å²) < 4.78 is 0. The normalized spacial score (nSPS) is 24.9. The highest BCUT2D eigenvalue weighted by Gasteiger charge is 2.17. The van der Waals surface area contributed by atoms with Crippen LogP contribution >= 0.6 is 0 Å². The monoisotopic (exact) mass is 260 g/mol. The van der Waals surface area contributed by atoms with Gasteiger partial charge in [0.05, 0.1) is 0 Å². The minimum absolute atomic E-state index is 0.711. The number of rotatable bonds is 3. The Labute approximate surface area is 118 Å². The molecule has 0 saturated carbocycles. The van der Waals surface area contributed by atoms with Crippen molar-refractivity contribution in [3.63, 3.8) is 0 Å². The molecule has 1 aromatic carbocycles. The third-order valence-electron chi connectivity index (χ3n) is 3.89. The minimum atomic E-state index is 0.711. The molecule has 0 aliphatic carbocycles. The molecule has 2 rings (SSSR count). The third-order valence-corrected chi connectivity index (χ3v) is 3.89. The van der Waals surface area contributed by atoms with Crippen LogP contribution in [-0.2, 0) is 6.42 Å². The van der Waals surface area contributed by atoms with Crippen molar-refractivity contribution in [1.82, 2.24) is 5.32 Å². The van der Waals surface area contributed by atoms with Crippen molar-refractivity contribution in [1.29, 1.82) is 0 Å². The van der Waals surface area contributed by atoms with Gasteiger partial charge in [-0.3, -0.25) is 0 Å². The van der Waals surface area contributed by atoms with Crippen molar-refractivity contribution in [3.8, 4) is 0 Å². The Morgan fingerprint density at radius 2 is 1.63 bits per heavy atom. The van der Waals surface area contributed by atoms with Crippen molar-refractivity contribution in [2.24, 2.45) is 11.8 Å². The zero-order valence-corrected chi connectivity index (χ0v) is 12.7. The molecular weight excluding hydrogens is 232 g/mol. The second-order valence-electron chi connectivity index (χ2n) is 6.19. The Morgan fingerprint density at radius 1 is 1.05 bits per heavy atom. The number of nitrogens with one attached hydrogen (secondary N) is 1. The van der Waals surface area contributed by atoms with Gasteiger partial charge in [-0.05, 0) is 49.0 Å². The predicted octanol–water partition coefficient (Wildman–Crippen LogP) is 3.32. The van der Waals surface area contributed by atoms with Crippen LogP contribution in [0.5, 0.6) is 0 Å². The van der Waals surface area contributed by atoms with Gasteiger partial charge in [0.2, 0.25) is 0 Å². The molecule has 0 radical (unpaired) electrons. The Hall–Kier alpha value is -1.02. The lowest BCUT2D eigenvalue weighted by atomic mass is 10.0. The van der Waals surface area contributed by atoms with Gasteiger partial charge in [-0.15, -0.1) is 0 Å². The van der Waals surface area contributed by atoms with Crippen LogP contribution in [0.15, 0.2) is 24.3 Å². The fourth-order valence-corrected chi connectivity index (χ4v) is 2.91. The Bertz CT molecular complexity index is 359. The van der Waals surface area contributed by atoms with Crippen LogP contribution in [0, 0.1) is 11.8 Å². The molecule has 1 aromatic rings. The zero-order valence-electron chi connectivity index (χ0n) is 12.7. The van der Waals surface area contributed by atoms with Gasteiger partial charge in [-0.25, -0.2) is 0 Å². The van der Waals surface area contributed by atoms with Crippen LogP contribution in [0.1, 0.15) is 32.8 Å². The number of hydrogen-bond acceptors (Lipinski definition) is 2. The molecule has 1 aliphatic rings. The van der Waals surface area contributed by atoms with Gasteiger partial charge in [0.1, 0.15) is 0 Å². The summed E-state index contributed by atoms with van der Waals surface area (Å²) in [5.74, 6) is 1.42. The van der Waals surface area contributed by atoms with Crippen LogP contribution in [0.3, 0.4) is 0 Å². The highest BCUT2D eigenvalue weighted by molar-refractivity contribution is 5.48. The zero-order chi connectivity index (χ0) is 13.7. The predicted molar refractivity (Wildman–Crippen MR) is 83.8 cm³/mol. The lowest BCUT2D eigenvalue weighted by Gasteiger charge is -2.33. The van der Waals surface area contributed by atoms with E-state index in [1.165, 1.54) is 24.1 Å². The van der Waals surface area contributed by atoms with E-state index in [0.29, 0.717) is 11.8 Å². The summed E-state index contributed by atoms with van der Waals surface area (Å²) in [7, 11) is 0. The highest BCUT2D eigenvalue weighted by Crippen LogP contribution is 2.20. The average molecular weight is 260 g/mol. The average Bonchev–Trinajstić information content (AvgIpc) is 2.37. The van der Waals surface area contributed by atoms with Gasteiger partial charge >= 0.3 is 0 Å². The smallest absolute Gasteiger partial charge is 0.0366 e. The van der Waals surface area contributed by atoms with E-state index in [2.05, 4.69) is 55.3 Å². The van der Waals surface area contributed by atoms with Crippen molar-refractivity contribution in [3.05, 3.63) is 29.8 Å². The molecule has 2 atom stereocenters. The summed E-state index contributed by atoms with van der Waals surface area (Å²) >= 11 is 0. The van der Waals surface area contributed by atoms with E-state index in [4.69, 9.17) is 0 Å². The summed E-state index contributed by atoms with van der Waals surface area (Å²) in [6.07, 6.45) is 2.42. The van der Waals surface area contributed by atoms with Gasteiger partial charge < -0.3 is 10.2 Å². The first-order valence-corrected chi connectivity index (χ1v) is 7.73. The maximum absolute atomic E-state index is 3.56. The van der Waals surface area contributed by atoms with Crippen LogP contribution < -0.4 is 10.2 Å². The summed E-state index contributed by atoms with van der Waals surface area (Å²) in [5, 5.41) is 3.56. The summed E-state index contributed by atoms with van der Waals surface area (Å²) in [6.45, 7) is 11.5. The fraction of sp³-hybridized carbons (Fsp3) is 0.647. The first kappa shape index (κ1) is 14.4. The maximum atomic E-state index is 3.56. The number of aryl methyl sites for hydroxylation is 1. The van der Waals surface area contributed by atoms with Crippen molar-refractivity contribution in [2.75, 3.05) is 31.1 Å². The largest absolute Gasteiger partial charge is 0.371 e. The molecule has 106 valence electrons. The molecule has 2 unspecified atom stereocenters. The van der Waals surface area contributed by atoms with Gasteiger partial charge in [0, 0.05) is 18.8 Å². The summed E-state index contributed by atoms with van der Waals surface area (Å²) in [6, 6.07) is 9.20. The summed E-state index contributed by atoms with van der Waals surface area (Å²) in [5.41, 5.74) is 2.85. The number of nitrogens with zero attached hydrogens (tertiary/aromatic N) is 1. The molecule has 2 heteroatoms. The van der Waals surface area contributed by atoms with Gasteiger partial charge in [-0.2, -0.15) is 0 Å². The second-order valence-corrected chi connectivity index (χ2v) is 6.19. The van der Waals surface area contributed by atoms with Crippen molar-refractivity contribution in [2.45, 2.75) is 33.6 Å². The molecule has 1 heterocycles. The van der Waals surface area contributed by atoms with Crippen LogP contribution in [-0.4, -0.2) is 26.2 Å². The van der Waals surface area contributed by atoms with Crippen molar-refractivity contribution < 1.29 is 0 Å². The second kappa shape index (κ2) is 6.95. The van der Waals surface area contributed by atoms with Crippen LogP contribution in [0.4, 0.5) is 5.69 Å². The Kier molecular flexibility index (Phi) is 5.26. The lowest BCUT2D eigenvalue weighted by molar-refractivity contribution is 0.410. The van der Waals surface area contributed by atoms with Gasteiger partial charge in [0.15, 0.2) is 0 Å². The molecule has 0 amide bonds. The van der Waals surface area contributed by atoms with E-state index in [9.17, 15) is 0 Å². The van der Waals surface area contributed by atoms with E-state index in [1.807, 2.05) is 0 Å². The topological polar surface area (TPSA) is 15.3 Å². The standard InChI is InChI=1S/C17H28N2/c1-4-5-16-6-8-17(9-7-16)19-12-14(2)10-18-11-15(3)13-19/h6-9,14-15,18H,4-5,10-13H2,1-3H3. The van der Waals surface area contributed by atoms with Crippen molar-refractivity contribution >= 4 is 5.69 Å². The molecular formula is C17H28N2. The van der Waals surface area contributed by atoms with E-state index >= 15 is 0 Å². The highest BCUT2D eigenvalue weighted by atomic mass is 15.1. The lowest BCUT2D eigenvalue weighted by Crippen LogP contribution is -2.42. The molecule has 2 nitrogen and oxygen atoms in total. The van der Waals surface area contributed by atoms with E-state index in [0.717, 1.165) is 26.2 Å². The summed E-state index contributed by atoms with van der Waals surface area (Å²) in [4.78, 5) is 2.56. The molecule has 0 aromatic heterocycles. The molecule has 1 N–H and O–H groups in total. The molecule has 0 bridgehead atoms. The quantitative estimate of drug-likeness (QED) is 0.897. The van der Waals surface area contributed by atoms with E-state index in [-0.39, 0.29) is 0 Å². The molecule has 0 spiro atoms. The molecule has 1 saturated heterocycles. The Morgan fingerprint density at radius 3 is 2.16 bits per heavy atom. The van der Waals surface area contributed by atoms with Crippen LogP contribution in [0.2, 0.25) is 0 Å². The molecule has 19 heavy (non-hydrogen) atoms. The van der Waals surface area contributed by atoms with E-state index in [1.54, 1.807) is 0 Å². The first-order valence-electron chi connectivity index (χ1n) is 7.73. The maximum Gasteiger partial charge on any atom is 0.0366 e. The fourth-order valence-electron chi connectivity index (χ4n) is 2.91. The minimum Gasteiger partial charge on any atom is -0.371 e. The third kappa shape index (κ3) is 4.24. The number of hydrogen-bond donors (Lipinski definition) is 1. The SMILES string of the molecule is CCCc1ccc(N2CC(C)CNCC(C)C2)cc1. The van der Waals surface area contributed by atoms with E-state index < -0.39 is 0 Å². The molecule has 1 aliphatic heterocycles.